The van der Waals surface area contributed by atoms with Crippen LogP contribution in [0.5, 0.6) is 0 Å². The van der Waals surface area contributed by atoms with Crippen molar-refractivity contribution >= 4 is 17.7 Å². The molecule has 0 bridgehead atoms. The fourth-order valence-corrected chi connectivity index (χ4v) is 1.35. The minimum atomic E-state index is -0.335. The van der Waals surface area contributed by atoms with E-state index in [0.29, 0.717) is 11.5 Å². The maximum absolute atomic E-state index is 11.6. The number of rotatable bonds is 5. The molecule has 0 aromatic carbocycles. The van der Waals surface area contributed by atoms with E-state index in [2.05, 4.69) is 4.74 Å². The Labute approximate surface area is 70.5 Å². The predicted molar refractivity (Wildman–Crippen MR) is 44.5 cm³/mol. The van der Waals surface area contributed by atoms with E-state index in [9.17, 15) is 9.18 Å². The molecule has 2 nitrogen and oxygen atoms in total. The van der Waals surface area contributed by atoms with Crippen molar-refractivity contribution in [3.63, 3.8) is 0 Å². The highest BCUT2D eigenvalue weighted by Gasteiger charge is 2.11. The van der Waals surface area contributed by atoms with Crippen molar-refractivity contribution < 1.29 is 13.9 Å². The zero-order valence-electron chi connectivity index (χ0n) is 6.80. The first-order chi connectivity index (χ1) is 5.22. The smallest absolute Gasteiger partial charge is 0.309 e. The summed E-state index contributed by atoms with van der Waals surface area (Å²) >= 11 is 1.43. The van der Waals surface area contributed by atoms with Crippen LogP contribution in [0.1, 0.15) is 6.92 Å². The van der Waals surface area contributed by atoms with Crippen molar-refractivity contribution in [2.24, 2.45) is 5.92 Å². The molecule has 1 unspecified atom stereocenters. The molecule has 0 radical (unpaired) electrons. The average molecular weight is 180 g/mol. The molecule has 11 heavy (non-hydrogen) atoms. The van der Waals surface area contributed by atoms with Crippen molar-refractivity contribution in [2.75, 3.05) is 25.3 Å². The monoisotopic (exact) mass is 180 g/mol. The lowest BCUT2D eigenvalue weighted by atomic mass is 10.2. The van der Waals surface area contributed by atoms with E-state index in [4.69, 9.17) is 0 Å². The highest BCUT2D eigenvalue weighted by atomic mass is 32.2. The molecule has 1 atom stereocenters. The topological polar surface area (TPSA) is 26.3 Å². The molecular weight excluding hydrogens is 167 g/mol. The lowest BCUT2D eigenvalue weighted by Gasteiger charge is -2.06. The van der Waals surface area contributed by atoms with Gasteiger partial charge in [0.1, 0.15) is 0 Å². The standard InChI is InChI=1S/C7H13FO2S/c1-6(7(9)10-2)5-11-4-3-8/h6H,3-5H2,1-2H3. The fraction of sp³-hybridized carbons (Fsp3) is 0.857. The highest BCUT2D eigenvalue weighted by molar-refractivity contribution is 7.99. The number of alkyl halides is 1. The molecule has 0 aliphatic carbocycles. The van der Waals surface area contributed by atoms with Crippen LogP contribution in [-0.2, 0) is 9.53 Å². The quantitative estimate of drug-likeness (QED) is 0.473. The van der Waals surface area contributed by atoms with Gasteiger partial charge in [0.05, 0.1) is 19.7 Å². The molecule has 0 aromatic heterocycles. The lowest BCUT2D eigenvalue weighted by molar-refractivity contribution is -0.143. The molecule has 0 spiro atoms. The van der Waals surface area contributed by atoms with Gasteiger partial charge in [0, 0.05) is 11.5 Å². The van der Waals surface area contributed by atoms with Gasteiger partial charge >= 0.3 is 5.97 Å². The minimum Gasteiger partial charge on any atom is -0.469 e. The number of hydrogen-bond donors (Lipinski definition) is 0. The predicted octanol–water partition coefficient (Wildman–Crippen LogP) is 1.50. The molecule has 0 rings (SSSR count). The van der Waals surface area contributed by atoms with Crippen LogP contribution >= 0.6 is 11.8 Å². The first kappa shape index (κ1) is 10.8. The summed E-state index contributed by atoms with van der Waals surface area (Å²) in [6, 6.07) is 0. The Morgan fingerprint density at radius 3 is 2.82 bits per heavy atom. The molecule has 0 saturated carbocycles. The number of carbonyl (C=O) groups excluding carboxylic acids is 1. The van der Waals surface area contributed by atoms with Crippen molar-refractivity contribution in [3.8, 4) is 0 Å². The van der Waals surface area contributed by atoms with Crippen LogP contribution in [0.4, 0.5) is 4.39 Å². The molecule has 0 N–H and O–H groups in total. The molecule has 0 fully saturated rings. The Bertz CT molecular complexity index is 119. The Morgan fingerprint density at radius 1 is 1.73 bits per heavy atom. The van der Waals surface area contributed by atoms with Gasteiger partial charge in [0.25, 0.3) is 0 Å². The number of hydrogen-bond acceptors (Lipinski definition) is 3. The summed E-state index contributed by atoms with van der Waals surface area (Å²) in [5.41, 5.74) is 0. The number of methoxy groups -OCH3 is 1. The third-order valence-corrected chi connectivity index (χ3v) is 2.37. The van der Waals surface area contributed by atoms with E-state index in [1.807, 2.05) is 0 Å². The van der Waals surface area contributed by atoms with Crippen LogP contribution in [0, 0.1) is 5.92 Å². The molecule has 0 saturated heterocycles. The minimum absolute atomic E-state index is 0.128. The van der Waals surface area contributed by atoms with E-state index in [-0.39, 0.29) is 18.6 Å². The second kappa shape index (κ2) is 6.46. The third kappa shape index (κ3) is 5.07. The largest absolute Gasteiger partial charge is 0.469 e. The van der Waals surface area contributed by atoms with E-state index in [0.717, 1.165) is 0 Å². The van der Waals surface area contributed by atoms with Crippen molar-refractivity contribution in [3.05, 3.63) is 0 Å². The van der Waals surface area contributed by atoms with Crippen LogP contribution in [0.2, 0.25) is 0 Å². The zero-order chi connectivity index (χ0) is 8.69. The van der Waals surface area contributed by atoms with Gasteiger partial charge in [-0.1, -0.05) is 6.92 Å². The number of carbonyl (C=O) groups is 1. The van der Waals surface area contributed by atoms with Crippen molar-refractivity contribution in [1.82, 2.24) is 0 Å². The summed E-state index contributed by atoms with van der Waals surface area (Å²) in [6.45, 7) is 1.44. The van der Waals surface area contributed by atoms with E-state index < -0.39 is 0 Å². The Morgan fingerprint density at radius 2 is 2.36 bits per heavy atom. The van der Waals surface area contributed by atoms with Crippen molar-refractivity contribution in [1.29, 1.82) is 0 Å². The number of halogens is 1. The molecule has 0 heterocycles. The maximum Gasteiger partial charge on any atom is 0.309 e. The van der Waals surface area contributed by atoms with Crippen molar-refractivity contribution in [2.45, 2.75) is 6.92 Å². The van der Waals surface area contributed by atoms with Gasteiger partial charge in [0.15, 0.2) is 0 Å². The summed E-state index contributed by atoms with van der Waals surface area (Å²) in [4.78, 5) is 10.8. The van der Waals surface area contributed by atoms with Gasteiger partial charge in [-0.15, -0.1) is 0 Å². The summed E-state index contributed by atoms with van der Waals surface area (Å²) in [6.07, 6.45) is 0. The van der Waals surface area contributed by atoms with E-state index in [1.54, 1.807) is 6.92 Å². The highest BCUT2D eigenvalue weighted by Crippen LogP contribution is 2.08. The van der Waals surface area contributed by atoms with Crippen LogP contribution in [0.25, 0.3) is 0 Å². The maximum atomic E-state index is 11.6. The lowest BCUT2D eigenvalue weighted by Crippen LogP contribution is -2.15. The molecular formula is C7H13FO2S. The molecule has 0 aliphatic heterocycles. The van der Waals surface area contributed by atoms with Gasteiger partial charge in [-0.25, -0.2) is 0 Å². The van der Waals surface area contributed by atoms with Gasteiger partial charge in [-0.2, -0.15) is 11.8 Å². The van der Waals surface area contributed by atoms with Crippen LogP contribution < -0.4 is 0 Å². The zero-order valence-corrected chi connectivity index (χ0v) is 7.62. The average Bonchev–Trinajstić information content (AvgIpc) is 2.03. The van der Waals surface area contributed by atoms with Crippen LogP contribution in [-0.4, -0.2) is 31.3 Å². The summed E-state index contributed by atoms with van der Waals surface area (Å²) in [7, 11) is 1.36. The number of esters is 1. The molecule has 0 aromatic rings. The Kier molecular flexibility index (Phi) is 6.31. The molecule has 4 heteroatoms. The van der Waals surface area contributed by atoms with Crippen LogP contribution in [0.3, 0.4) is 0 Å². The molecule has 0 amide bonds. The molecule has 0 aliphatic rings. The first-order valence-corrected chi connectivity index (χ1v) is 4.59. The normalized spacial score (nSPS) is 12.6. The third-order valence-electron chi connectivity index (χ3n) is 1.19. The van der Waals surface area contributed by atoms with Gasteiger partial charge in [0.2, 0.25) is 0 Å². The Hall–Kier alpha value is -0.250. The van der Waals surface area contributed by atoms with E-state index >= 15 is 0 Å². The van der Waals surface area contributed by atoms with Crippen LogP contribution in [0.15, 0.2) is 0 Å². The Balaban J connectivity index is 3.36. The summed E-state index contributed by atoms with van der Waals surface area (Å²) < 4.78 is 16.1. The van der Waals surface area contributed by atoms with E-state index in [1.165, 1.54) is 18.9 Å². The number of ether oxygens (including phenoxy) is 1. The molecule has 66 valence electrons. The SMILES string of the molecule is COC(=O)C(C)CSCCF. The first-order valence-electron chi connectivity index (χ1n) is 3.44. The number of thioether (sulfide) groups is 1. The van der Waals surface area contributed by atoms with Gasteiger partial charge < -0.3 is 4.74 Å². The summed E-state index contributed by atoms with van der Waals surface area (Å²) in [5.74, 6) is 0.741. The second-order valence-corrected chi connectivity index (χ2v) is 3.34. The second-order valence-electron chi connectivity index (χ2n) is 2.19. The van der Waals surface area contributed by atoms with Gasteiger partial charge in [-0.3, -0.25) is 9.18 Å². The summed E-state index contributed by atoms with van der Waals surface area (Å²) in [5, 5.41) is 0. The fourth-order valence-electron chi connectivity index (χ4n) is 0.584. The van der Waals surface area contributed by atoms with Gasteiger partial charge in [-0.05, 0) is 0 Å².